The maximum absolute atomic E-state index is 12.6. The fraction of sp³-hybridized carbons (Fsp3) is 0.696. The highest BCUT2D eigenvalue weighted by atomic mass is 16.5. The molecule has 0 aromatic heterocycles. The molecule has 0 amide bonds. The van der Waals surface area contributed by atoms with Gasteiger partial charge in [-0.25, -0.2) is 4.79 Å². The minimum atomic E-state index is -0.207. The van der Waals surface area contributed by atoms with Gasteiger partial charge in [0.15, 0.2) is 0 Å². The smallest absolute Gasteiger partial charge is 0.338 e. The zero-order valence-electron chi connectivity index (χ0n) is 17.8. The van der Waals surface area contributed by atoms with Crippen LogP contribution in [0, 0.1) is 5.92 Å². The van der Waals surface area contributed by atoms with Crippen LogP contribution in [0.15, 0.2) is 18.2 Å². The van der Waals surface area contributed by atoms with Crippen molar-refractivity contribution in [3.63, 3.8) is 0 Å². The van der Waals surface area contributed by atoms with Crippen LogP contribution in [0.2, 0.25) is 0 Å². The van der Waals surface area contributed by atoms with Gasteiger partial charge in [-0.2, -0.15) is 0 Å². The highest BCUT2D eigenvalue weighted by Crippen LogP contribution is 2.27. The third-order valence-corrected chi connectivity index (χ3v) is 5.73. The van der Waals surface area contributed by atoms with Gasteiger partial charge < -0.3 is 10.5 Å². The third kappa shape index (κ3) is 6.53. The Bertz CT molecular complexity index is 604. The van der Waals surface area contributed by atoms with E-state index in [2.05, 4.69) is 39.5 Å². The Hall–Kier alpha value is -1.55. The summed E-state index contributed by atoms with van der Waals surface area (Å²) in [4.78, 5) is 15.1. The number of nitrogen functional groups attached to an aromatic ring is 1. The maximum atomic E-state index is 12.6. The normalized spacial score (nSPS) is 20.4. The van der Waals surface area contributed by atoms with Gasteiger partial charge in [0, 0.05) is 17.8 Å². The van der Waals surface area contributed by atoms with Gasteiger partial charge in [0.25, 0.3) is 0 Å². The van der Waals surface area contributed by atoms with Gasteiger partial charge in [-0.3, -0.25) is 4.90 Å². The number of ether oxygens (including phenoxy) is 1. The van der Waals surface area contributed by atoms with Gasteiger partial charge in [-0.1, -0.05) is 13.3 Å². The second kappa shape index (κ2) is 10.1. The van der Waals surface area contributed by atoms with E-state index in [1.54, 1.807) is 6.07 Å². The fourth-order valence-corrected chi connectivity index (χ4v) is 4.22. The molecule has 0 unspecified atom stereocenters. The van der Waals surface area contributed by atoms with E-state index in [0.29, 0.717) is 23.6 Å². The van der Waals surface area contributed by atoms with Gasteiger partial charge >= 0.3 is 5.97 Å². The Labute approximate surface area is 165 Å². The minimum absolute atomic E-state index is 0.0629. The van der Waals surface area contributed by atoms with E-state index in [4.69, 9.17) is 10.5 Å². The van der Waals surface area contributed by atoms with Crippen molar-refractivity contribution >= 4 is 11.7 Å². The van der Waals surface area contributed by atoms with E-state index >= 15 is 0 Å². The molecular formula is C23H38N2O2. The number of nitrogens with two attached hydrogens (primary N) is 1. The van der Waals surface area contributed by atoms with Crippen LogP contribution in [0.5, 0.6) is 0 Å². The van der Waals surface area contributed by atoms with Crippen LogP contribution in [0.25, 0.3) is 0 Å². The number of esters is 1. The van der Waals surface area contributed by atoms with E-state index in [1.165, 1.54) is 6.42 Å². The molecule has 2 N–H and O–H groups in total. The van der Waals surface area contributed by atoms with E-state index < -0.39 is 0 Å². The van der Waals surface area contributed by atoms with Crippen LogP contribution < -0.4 is 5.73 Å². The number of hydrogen-bond donors (Lipinski definition) is 1. The second-order valence-corrected chi connectivity index (χ2v) is 8.74. The molecule has 0 radical (unpaired) electrons. The first-order chi connectivity index (χ1) is 12.8. The van der Waals surface area contributed by atoms with Gasteiger partial charge in [0.05, 0.1) is 5.56 Å². The zero-order chi connectivity index (χ0) is 20.0. The monoisotopic (exact) mass is 374 g/mol. The van der Waals surface area contributed by atoms with Crippen molar-refractivity contribution < 1.29 is 9.53 Å². The molecule has 2 atom stereocenters. The van der Waals surface area contributed by atoms with Crippen LogP contribution in [0.1, 0.15) is 82.6 Å². The van der Waals surface area contributed by atoms with Crippen molar-refractivity contribution in [3.8, 4) is 0 Å². The lowest BCUT2D eigenvalue weighted by Crippen LogP contribution is -2.37. The average Bonchev–Trinajstić information content (AvgIpc) is 2.59. The van der Waals surface area contributed by atoms with Crippen LogP contribution in [0.4, 0.5) is 5.69 Å². The first-order valence-corrected chi connectivity index (χ1v) is 10.6. The molecule has 27 heavy (non-hydrogen) atoms. The molecule has 4 nitrogen and oxygen atoms in total. The van der Waals surface area contributed by atoms with Crippen molar-refractivity contribution in [2.75, 3.05) is 12.3 Å². The summed E-state index contributed by atoms with van der Waals surface area (Å²) in [6, 6.07) is 6.63. The highest BCUT2D eigenvalue weighted by Gasteiger charge is 2.23. The van der Waals surface area contributed by atoms with E-state index in [0.717, 1.165) is 49.9 Å². The summed E-state index contributed by atoms with van der Waals surface area (Å²) in [7, 11) is 0. The first-order valence-electron chi connectivity index (χ1n) is 10.6. The van der Waals surface area contributed by atoms with Gasteiger partial charge in [0.2, 0.25) is 0 Å². The summed E-state index contributed by atoms with van der Waals surface area (Å²) in [5.41, 5.74) is 8.60. The Morgan fingerprint density at radius 1 is 1.22 bits per heavy atom. The molecule has 0 aliphatic heterocycles. The molecule has 0 heterocycles. The molecule has 152 valence electrons. The molecule has 2 rings (SSSR count). The molecule has 0 spiro atoms. The predicted octanol–water partition coefficient (Wildman–Crippen LogP) is 5.06. The van der Waals surface area contributed by atoms with Crippen molar-refractivity contribution in [3.05, 3.63) is 29.3 Å². The maximum Gasteiger partial charge on any atom is 0.338 e. The Morgan fingerprint density at radius 2 is 1.93 bits per heavy atom. The lowest BCUT2D eigenvalue weighted by molar-refractivity contribution is 0.0155. The molecule has 0 bridgehead atoms. The van der Waals surface area contributed by atoms with Crippen LogP contribution >= 0.6 is 0 Å². The van der Waals surface area contributed by atoms with Gasteiger partial charge in [0.1, 0.15) is 6.10 Å². The topological polar surface area (TPSA) is 55.6 Å². The third-order valence-electron chi connectivity index (χ3n) is 5.73. The molecule has 1 aliphatic rings. The largest absolute Gasteiger partial charge is 0.459 e. The molecule has 1 saturated carbocycles. The van der Waals surface area contributed by atoms with Crippen molar-refractivity contribution in [2.45, 2.75) is 91.3 Å². The summed E-state index contributed by atoms with van der Waals surface area (Å²) in [5.74, 6) is 0.435. The van der Waals surface area contributed by atoms with Crippen LogP contribution in [-0.4, -0.2) is 35.6 Å². The van der Waals surface area contributed by atoms with Crippen molar-refractivity contribution in [1.82, 2.24) is 4.90 Å². The lowest BCUT2D eigenvalue weighted by Gasteiger charge is -2.30. The summed E-state index contributed by atoms with van der Waals surface area (Å²) in [5, 5.41) is 0. The van der Waals surface area contributed by atoms with Gasteiger partial charge in [-0.05, 0) is 96.0 Å². The number of hydrogen-bond acceptors (Lipinski definition) is 4. The minimum Gasteiger partial charge on any atom is -0.459 e. The lowest BCUT2D eigenvalue weighted by atomic mass is 9.89. The number of rotatable bonds is 8. The van der Waals surface area contributed by atoms with Crippen molar-refractivity contribution in [2.24, 2.45) is 5.92 Å². The molecule has 1 aromatic rings. The zero-order valence-corrected chi connectivity index (χ0v) is 17.8. The average molecular weight is 375 g/mol. The number of carbonyl (C=O) groups is 1. The second-order valence-electron chi connectivity index (χ2n) is 8.74. The first kappa shape index (κ1) is 21.7. The Kier molecular flexibility index (Phi) is 8.15. The standard InChI is InChI=1S/C23H38N2O2/c1-16(2)25(17(3)4)13-7-9-19-15-20(11-12-22(19)24)23(26)27-21-10-6-8-18(5)14-21/h11-12,15-18,21H,6-10,13-14,24H2,1-5H3/t18-,21+/m1/s1. The van der Waals surface area contributed by atoms with E-state index in [1.807, 2.05) is 12.1 Å². The predicted molar refractivity (Wildman–Crippen MR) is 113 cm³/mol. The van der Waals surface area contributed by atoms with E-state index in [-0.39, 0.29) is 12.1 Å². The number of carbonyl (C=O) groups excluding carboxylic acids is 1. The highest BCUT2D eigenvalue weighted by molar-refractivity contribution is 5.90. The molecule has 1 aromatic carbocycles. The SMILES string of the molecule is CC(C)N(CCCc1cc(C(=O)O[C@H]2CCC[C@@H](C)C2)ccc1N)C(C)C. The molecule has 1 fully saturated rings. The number of nitrogens with zero attached hydrogens (tertiary/aromatic N) is 1. The summed E-state index contributed by atoms with van der Waals surface area (Å²) in [6.45, 7) is 12.2. The quantitative estimate of drug-likeness (QED) is 0.511. The number of benzene rings is 1. The molecular weight excluding hydrogens is 336 g/mol. The van der Waals surface area contributed by atoms with E-state index in [9.17, 15) is 4.79 Å². The van der Waals surface area contributed by atoms with Crippen molar-refractivity contribution in [1.29, 1.82) is 0 Å². The van der Waals surface area contributed by atoms with Crippen LogP contribution in [0.3, 0.4) is 0 Å². The molecule has 1 aliphatic carbocycles. The summed E-state index contributed by atoms with van der Waals surface area (Å²) < 4.78 is 5.76. The number of aryl methyl sites for hydroxylation is 1. The molecule has 4 heteroatoms. The summed E-state index contributed by atoms with van der Waals surface area (Å²) in [6.07, 6.45) is 6.32. The fourth-order valence-electron chi connectivity index (χ4n) is 4.22. The number of anilines is 1. The van der Waals surface area contributed by atoms with Gasteiger partial charge in [-0.15, -0.1) is 0 Å². The molecule has 0 saturated heterocycles. The summed E-state index contributed by atoms with van der Waals surface area (Å²) >= 11 is 0. The Balaban J connectivity index is 1.95. The van der Waals surface area contributed by atoms with Crippen LogP contribution in [-0.2, 0) is 11.2 Å². The Morgan fingerprint density at radius 3 is 2.56 bits per heavy atom.